The predicted octanol–water partition coefficient (Wildman–Crippen LogP) is 3.22. The minimum absolute atomic E-state index is 0.0819. The molecule has 1 N–H and O–H groups in total. The van der Waals surface area contributed by atoms with Gasteiger partial charge < -0.3 is 23.9 Å². The van der Waals surface area contributed by atoms with E-state index >= 15 is 0 Å². The van der Waals surface area contributed by atoms with Crippen LogP contribution in [0.1, 0.15) is 17.3 Å². The molecule has 2 aromatic carbocycles. The number of rotatable bonds is 4. The second kappa shape index (κ2) is 7.03. The van der Waals surface area contributed by atoms with E-state index in [4.69, 9.17) is 18.6 Å². The van der Waals surface area contributed by atoms with E-state index in [0.717, 1.165) is 0 Å². The Morgan fingerprint density at radius 2 is 1.89 bits per heavy atom. The summed E-state index contributed by atoms with van der Waals surface area (Å²) in [5.41, 5.74) is 0.0602. The first-order chi connectivity index (χ1) is 13.1. The van der Waals surface area contributed by atoms with Crippen molar-refractivity contribution in [1.29, 1.82) is 0 Å². The molecular weight excluding hydrogens is 350 g/mol. The van der Waals surface area contributed by atoms with E-state index in [1.807, 2.05) is 6.92 Å². The first-order valence-electron chi connectivity index (χ1n) is 8.56. The summed E-state index contributed by atoms with van der Waals surface area (Å²) in [5, 5.41) is 3.32. The molecule has 0 fully saturated rings. The predicted molar refractivity (Wildman–Crippen MR) is 99.0 cm³/mol. The number of ether oxygens (including phenoxy) is 3. The first kappa shape index (κ1) is 17.0. The third-order valence-corrected chi connectivity index (χ3v) is 4.06. The fourth-order valence-corrected chi connectivity index (χ4v) is 2.83. The Morgan fingerprint density at radius 1 is 1.07 bits per heavy atom. The zero-order valence-corrected chi connectivity index (χ0v) is 14.6. The zero-order chi connectivity index (χ0) is 18.8. The highest BCUT2D eigenvalue weighted by Crippen LogP contribution is 2.32. The summed E-state index contributed by atoms with van der Waals surface area (Å²) >= 11 is 0. The Labute approximate surface area is 154 Å². The van der Waals surface area contributed by atoms with Crippen molar-refractivity contribution in [2.24, 2.45) is 0 Å². The molecule has 0 aliphatic carbocycles. The molecule has 0 unspecified atom stereocenters. The zero-order valence-electron chi connectivity index (χ0n) is 14.6. The van der Waals surface area contributed by atoms with E-state index < -0.39 is 11.5 Å². The Morgan fingerprint density at radius 3 is 2.70 bits per heavy atom. The molecule has 138 valence electrons. The average Bonchev–Trinajstić information content (AvgIpc) is 2.67. The van der Waals surface area contributed by atoms with Crippen molar-refractivity contribution in [3.05, 3.63) is 58.4 Å². The molecule has 0 atom stereocenters. The van der Waals surface area contributed by atoms with Crippen molar-refractivity contribution < 1.29 is 23.4 Å². The van der Waals surface area contributed by atoms with E-state index in [2.05, 4.69) is 5.32 Å². The van der Waals surface area contributed by atoms with Crippen molar-refractivity contribution >= 4 is 22.6 Å². The molecule has 1 aliphatic heterocycles. The molecule has 1 amide bonds. The molecule has 3 aromatic rings. The van der Waals surface area contributed by atoms with Crippen LogP contribution in [-0.4, -0.2) is 25.7 Å². The molecule has 0 saturated carbocycles. The van der Waals surface area contributed by atoms with Crippen LogP contribution >= 0.6 is 0 Å². The summed E-state index contributed by atoms with van der Waals surface area (Å²) < 4.78 is 21.6. The van der Waals surface area contributed by atoms with Gasteiger partial charge in [0.2, 0.25) is 0 Å². The molecule has 7 nitrogen and oxygen atoms in total. The lowest BCUT2D eigenvalue weighted by atomic mass is 10.1. The molecule has 0 radical (unpaired) electrons. The van der Waals surface area contributed by atoms with Crippen LogP contribution < -0.4 is 25.2 Å². The summed E-state index contributed by atoms with van der Waals surface area (Å²) in [7, 11) is 0. The van der Waals surface area contributed by atoms with Crippen molar-refractivity contribution in [2.45, 2.75) is 6.92 Å². The average molecular weight is 367 g/mol. The summed E-state index contributed by atoms with van der Waals surface area (Å²) in [6.45, 7) is 3.31. The van der Waals surface area contributed by atoms with Crippen LogP contribution in [0.15, 0.2) is 51.7 Å². The highest BCUT2D eigenvalue weighted by molar-refractivity contribution is 6.05. The van der Waals surface area contributed by atoms with Crippen molar-refractivity contribution in [3.63, 3.8) is 0 Å². The summed E-state index contributed by atoms with van der Waals surface area (Å²) in [6, 6.07) is 11.7. The third-order valence-electron chi connectivity index (χ3n) is 4.06. The van der Waals surface area contributed by atoms with Gasteiger partial charge in [-0.15, -0.1) is 0 Å². The standard InChI is InChI=1S/C20H17NO6/c1-2-24-14-5-3-12-9-15(20(23)27-17(12)11-14)19(22)21-13-4-6-16-18(10-13)26-8-7-25-16/h3-6,9-11H,2,7-8H2,1H3,(H,21,22). The van der Waals surface area contributed by atoms with Crippen LogP contribution in [-0.2, 0) is 0 Å². The lowest BCUT2D eigenvalue weighted by molar-refractivity contribution is 0.102. The largest absolute Gasteiger partial charge is 0.494 e. The fourth-order valence-electron chi connectivity index (χ4n) is 2.83. The Bertz CT molecular complexity index is 1070. The van der Waals surface area contributed by atoms with Crippen LogP contribution in [0.4, 0.5) is 5.69 Å². The van der Waals surface area contributed by atoms with Gasteiger partial charge in [0, 0.05) is 23.2 Å². The molecule has 1 aliphatic rings. The molecule has 2 heterocycles. The number of amides is 1. The monoisotopic (exact) mass is 367 g/mol. The van der Waals surface area contributed by atoms with Crippen molar-refractivity contribution in [1.82, 2.24) is 0 Å². The van der Waals surface area contributed by atoms with Crippen LogP contribution in [0.5, 0.6) is 17.2 Å². The lowest BCUT2D eigenvalue weighted by Crippen LogP contribution is -2.21. The highest BCUT2D eigenvalue weighted by atomic mass is 16.6. The van der Waals surface area contributed by atoms with Gasteiger partial charge in [-0.3, -0.25) is 4.79 Å². The highest BCUT2D eigenvalue weighted by Gasteiger charge is 2.17. The number of hydrogen-bond acceptors (Lipinski definition) is 6. The molecular formula is C20H17NO6. The van der Waals surface area contributed by atoms with Crippen LogP contribution in [0.3, 0.4) is 0 Å². The smallest absolute Gasteiger partial charge is 0.349 e. The quantitative estimate of drug-likeness (QED) is 0.713. The van der Waals surface area contributed by atoms with E-state index in [1.54, 1.807) is 36.4 Å². The van der Waals surface area contributed by atoms with Gasteiger partial charge in [-0.1, -0.05) is 0 Å². The molecule has 7 heteroatoms. The SMILES string of the molecule is CCOc1ccc2cc(C(=O)Nc3ccc4c(c3)OCCO4)c(=O)oc2c1. The number of nitrogens with one attached hydrogen (secondary N) is 1. The van der Waals surface area contributed by atoms with E-state index in [9.17, 15) is 9.59 Å². The number of carbonyl (C=O) groups is 1. The molecule has 0 saturated heterocycles. The minimum Gasteiger partial charge on any atom is -0.494 e. The van der Waals surface area contributed by atoms with Gasteiger partial charge in [-0.05, 0) is 37.3 Å². The van der Waals surface area contributed by atoms with Gasteiger partial charge in [-0.25, -0.2) is 4.79 Å². The summed E-state index contributed by atoms with van der Waals surface area (Å²) in [5.74, 6) is 1.21. The van der Waals surface area contributed by atoms with E-state index in [-0.39, 0.29) is 5.56 Å². The van der Waals surface area contributed by atoms with Crippen LogP contribution in [0, 0.1) is 0 Å². The summed E-state index contributed by atoms with van der Waals surface area (Å²) in [6.07, 6.45) is 0. The Balaban J connectivity index is 1.61. The molecule has 0 spiro atoms. The lowest BCUT2D eigenvalue weighted by Gasteiger charge is -2.18. The maximum atomic E-state index is 12.5. The molecule has 27 heavy (non-hydrogen) atoms. The molecule has 4 rings (SSSR count). The summed E-state index contributed by atoms with van der Waals surface area (Å²) in [4.78, 5) is 24.8. The van der Waals surface area contributed by atoms with E-state index in [0.29, 0.717) is 53.7 Å². The number of carbonyl (C=O) groups excluding carboxylic acids is 1. The van der Waals surface area contributed by atoms with Gasteiger partial charge in [0.05, 0.1) is 6.61 Å². The number of fused-ring (bicyclic) bond motifs is 2. The second-order valence-electron chi connectivity index (χ2n) is 5.89. The Hall–Kier alpha value is -3.48. The second-order valence-corrected chi connectivity index (χ2v) is 5.89. The first-order valence-corrected chi connectivity index (χ1v) is 8.56. The van der Waals surface area contributed by atoms with Gasteiger partial charge in [0.25, 0.3) is 5.91 Å². The molecule has 1 aromatic heterocycles. The van der Waals surface area contributed by atoms with Gasteiger partial charge in [0.15, 0.2) is 11.5 Å². The van der Waals surface area contributed by atoms with Gasteiger partial charge in [-0.2, -0.15) is 0 Å². The Kier molecular flexibility index (Phi) is 4.42. The van der Waals surface area contributed by atoms with E-state index in [1.165, 1.54) is 6.07 Å². The maximum Gasteiger partial charge on any atom is 0.349 e. The fraction of sp³-hybridized carbons (Fsp3) is 0.200. The minimum atomic E-state index is -0.716. The normalized spacial score (nSPS) is 12.6. The van der Waals surface area contributed by atoms with Crippen molar-refractivity contribution in [2.75, 3.05) is 25.1 Å². The van der Waals surface area contributed by atoms with Gasteiger partial charge >= 0.3 is 5.63 Å². The number of benzene rings is 2. The number of hydrogen-bond donors (Lipinski definition) is 1. The maximum absolute atomic E-state index is 12.5. The third kappa shape index (κ3) is 3.44. The van der Waals surface area contributed by atoms with Gasteiger partial charge in [0.1, 0.15) is 30.1 Å². The van der Waals surface area contributed by atoms with Crippen LogP contribution in [0.2, 0.25) is 0 Å². The molecule has 0 bridgehead atoms. The topological polar surface area (TPSA) is 87.0 Å². The van der Waals surface area contributed by atoms with Crippen molar-refractivity contribution in [3.8, 4) is 17.2 Å². The van der Waals surface area contributed by atoms with Crippen LogP contribution in [0.25, 0.3) is 11.0 Å². The number of anilines is 1.